The van der Waals surface area contributed by atoms with E-state index in [1.165, 1.54) is 0 Å². The monoisotopic (exact) mass is 199 g/mol. The van der Waals surface area contributed by atoms with Gasteiger partial charge in [0.25, 0.3) is 0 Å². The lowest BCUT2D eigenvalue weighted by atomic mass is 10.2. The fraction of sp³-hybridized carbons (Fsp3) is 0.222. The van der Waals surface area contributed by atoms with Crippen molar-refractivity contribution in [3.63, 3.8) is 0 Å². The average Bonchev–Trinajstić information content (AvgIpc) is 2.15. The fourth-order valence-electron chi connectivity index (χ4n) is 0.915. The van der Waals surface area contributed by atoms with Gasteiger partial charge in [-0.1, -0.05) is 12.1 Å². The summed E-state index contributed by atoms with van der Waals surface area (Å²) in [6.07, 6.45) is 0. The molecule has 13 heavy (non-hydrogen) atoms. The number of hydrogen-bond acceptors (Lipinski definition) is 2. The maximum Gasteiger partial charge on any atom is 0.314 e. The molecule has 0 unspecified atom stereocenters. The van der Waals surface area contributed by atoms with E-state index in [2.05, 4.69) is 5.32 Å². The summed E-state index contributed by atoms with van der Waals surface area (Å²) in [7, 11) is 1.61. The van der Waals surface area contributed by atoms with E-state index in [9.17, 15) is 4.79 Å². The first-order valence-electron chi connectivity index (χ1n) is 3.78. The van der Waals surface area contributed by atoms with Crippen LogP contribution in [-0.4, -0.2) is 12.5 Å². The molecule has 0 bridgehead atoms. The molecule has 3 nitrogen and oxygen atoms in total. The van der Waals surface area contributed by atoms with E-state index in [1.807, 2.05) is 24.3 Å². The predicted octanol–water partition coefficient (Wildman–Crippen LogP) is 2.14. The zero-order chi connectivity index (χ0) is 9.68. The predicted molar refractivity (Wildman–Crippen MR) is 51.1 cm³/mol. The molecule has 4 heteroatoms. The molecule has 1 aromatic rings. The highest BCUT2D eigenvalue weighted by atomic mass is 35.5. The molecule has 0 aliphatic rings. The van der Waals surface area contributed by atoms with E-state index in [0.29, 0.717) is 6.54 Å². The van der Waals surface area contributed by atoms with Crippen LogP contribution in [0, 0.1) is 0 Å². The number of nitrogens with one attached hydrogen (secondary N) is 1. The van der Waals surface area contributed by atoms with E-state index in [0.717, 1.165) is 11.3 Å². The van der Waals surface area contributed by atoms with E-state index in [-0.39, 0.29) is 0 Å². The third-order valence-corrected chi connectivity index (χ3v) is 1.72. The topological polar surface area (TPSA) is 38.3 Å². The Hall–Kier alpha value is -1.22. The molecular formula is C9H10ClNO2. The molecule has 0 heterocycles. The fourth-order valence-corrected chi connectivity index (χ4v) is 0.982. The van der Waals surface area contributed by atoms with Gasteiger partial charge in [-0.15, -0.1) is 0 Å². The van der Waals surface area contributed by atoms with Gasteiger partial charge in [0, 0.05) is 6.54 Å². The van der Waals surface area contributed by atoms with Crippen LogP contribution < -0.4 is 10.1 Å². The van der Waals surface area contributed by atoms with E-state index in [4.69, 9.17) is 16.3 Å². The minimum atomic E-state index is -0.546. The van der Waals surface area contributed by atoms with Gasteiger partial charge >= 0.3 is 5.37 Å². The van der Waals surface area contributed by atoms with Crippen LogP contribution >= 0.6 is 11.6 Å². The molecule has 0 aliphatic heterocycles. The summed E-state index contributed by atoms with van der Waals surface area (Å²) in [5.74, 6) is 0.793. The van der Waals surface area contributed by atoms with Crippen molar-refractivity contribution in [3.05, 3.63) is 29.8 Å². The second kappa shape index (κ2) is 4.72. The first-order chi connectivity index (χ1) is 6.22. The molecule has 70 valence electrons. The second-order valence-electron chi connectivity index (χ2n) is 2.48. The van der Waals surface area contributed by atoms with Crippen molar-refractivity contribution >= 4 is 17.0 Å². The van der Waals surface area contributed by atoms with Gasteiger partial charge in [0.1, 0.15) is 5.75 Å². The molecule has 0 saturated heterocycles. The lowest BCUT2D eigenvalue weighted by Crippen LogP contribution is -2.15. The number of methoxy groups -OCH3 is 1. The maximum absolute atomic E-state index is 10.4. The van der Waals surface area contributed by atoms with Crippen molar-refractivity contribution in [2.45, 2.75) is 6.54 Å². The molecule has 1 rings (SSSR count). The van der Waals surface area contributed by atoms with Crippen LogP contribution in [-0.2, 0) is 6.54 Å². The van der Waals surface area contributed by atoms with Crippen LogP contribution in [0.2, 0.25) is 0 Å². The molecule has 1 N–H and O–H groups in total. The number of benzene rings is 1. The Labute approximate surface area is 81.7 Å². The van der Waals surface area contributed by atoms with Crippen LogP contribution in [0.3, 0.4) is 0 Å². The summed E-state index contributed by atoms with van der Waals surface area (Å²) in [6.45, 7) is 0.437. The summed E-state index contributed by atoms with van der Waals surface area (Å²) in [6, 6.07) is 7.39. The third kappa shape index (κ3) is 3.34. The van der Waals surface area contributed by atoms with Gasteiger partial charge in [0.15, 0.2) is 0 Å². The first kappa shape index (κ1) is 9.86. The minimum absolute atomic E-state index is 0.437. The lowest BCUT2D eigenvalue weighted by molar-refractivity contribution is 0.259. The molecule has 0 radical (unpaired) electrons. The number of rotatable bonds is 3. The largest absolute Gasteiger partial charge is 0.497 e. The lowest BCUT2D eigenvalue weighted by Gasteiger charge is -2.02. The van der Waals surface area contributed by atoms with Crippen LogP contribution in [0.5, 0.6) is 5.75 Å². The Kier molecular flexibility index (Phi) is 3.58. The summed E-state index contributed by atoms with van der Waals surface area (Å²) in [5.41, 5.74) is 0.981. The van der Waals surface area contributed by atoms with Gasteiger partial charge < -0.3 is 10.1 Å². The van der Waals surface area contributed by atoms with Crippen LogP contribution in [0.25, 0.3) is 0 Å². The van der Waals surface area contributed by atoms with Gasteiger partial charge in [-0.3, -0.25) is 4.79 Å². The van der Waals surface area contributed by atoms with Gasteiger partial charge in [-0.2, -0.15) is 0 Å². The molecule has 0 saturated carbocycles. The Morgan fingerprint density at radius 3 is 2.54 bits per heavy atom. The van der Waals surface area contributed by atoms with Crippen molar-refractivity contribution in [1.29, 1.82) is 0 Å². The Bertz CT molecular complexity index is 284. The standard InChI is InChI=1S/C9H10ClNO2/c1-13-8-4-2-7(3-5-8)6-11-9(10)12/h2-5H,6H2,1H3,(H,11,12). The van der Waals surface area contributed by atoms with Crippen molar-refractivity contribution in [2.75, 3.05) is 7.11 Å². The minimum Gasteiger partial charge on any atom is -0.497 e. The van der Waals surface area contributed by atoms with E-state index < -0.39 is 5.37 Å². The number of carbonyl (C=O) groups is 1. The maximum atomic E-state index is 10.4. The SMILES string of the molecule is COc1ccc(CNC(=O)Cl)cc1. The Morgan fingerprint density at radius 2 is 2.08 bits per heavy atom. The molecule has 0 aliphatic carbocycles. The average molecular weight is 200 g/mol. The van der Waals surface area contributed by atoms with E-state index in [1.54, 1.807) is 7.11 Å². The first-order valence-corrected chi connectivity index (χ1v) is 4.16. The number of ether oxygens (including phenoxy) is 1. The Balaban J connectivity index is 2.54. The van der Waals surface area contributed by atoms with Crippen LogP contribution in [0.4, 0.5) is 4.79 Å². The van der Waals surface area contributed by atoms with Crippen LogP contribution in [0.15, 0.2) is 24.3 Å². The number of carbonyl (C=O) groups excluding carboxylic acids is 1. The highest BCUT2D eigenvalue weighted by molar-refractivity contribution is 6.62. The molecule has 0 fully saturated rings. The van der Waals surface area contributed by atoms with Gasteiger partial charge in [0.05, 0.1) is 7.11 Å². The number of hydrogen-bond donors (Lipinski definition) is 1. The molecule has 0 aromatic heterocycles. The quantitative estimate of drug-likeness (QED) is 0.599. The molecule has 1 aromatic carbocycles. The molecular weight excluding hydrogens is 190 g/mol. The normalized spacial score (nSPS) is 9.38. The van der Waals surface area contributed by atoms with Crippen molar-refractivity contribution in [1.82, 2.24) is 5.32 Å². The van der Waals surface area contributed by atoms with E-state index >= 15 is 0 Å². The smallest absolute Gasteiger partial charge is 0.314 e. The zero-order valence-electron chi connectivity index (χ0n) is 7.21. The van der Waals surface area contributed by atoms with Crippen molar-refractivity contribution in [3.8, 4) is 5.75 Å². The zero-order valence-corrected chi connectivity index (χ0v) is 7.97. The summed E-state index contributed by atoms with van der Waals surface area (Å²) >= 11 is 5.11. The van der Waals surface area contributed by atoms with Crippen molar-refractivity contribution < 1.29 is 9.53 Å². The van der Waals surface area contributed by atoms with Crippen molar-refractivity contribution in [2.24, 2.45) is 0 Å². The highest BCUT2D eigenvalue weighted by Gasteiger charge is 1.96. The van der Waals surface area contributed by atoms with Gasteiger partial charge in [0.2, 0.25) is 0 Å². The third-order valence-electron chi connectivity index (χ3n) is 1.59. The molecule has 0 spiro atoms. The second-order valence-corrected chi connectivity index (χ2v) is 2.82. The van der Waals surface area contributed by atoms with Crippen LogP contribution in [0.1, 0.15) is 5.56 Å². The summed E-state index contributed by atoms with van der Waals surface area (Å²) in [5, 5.41) is 1.94. The molecule has 1 amide bonds. The van der Waals surface area contributed by atoms with Gasteiger partial charge in [-0.05, 0) is 29.3 Å². The van der Waals surface area contributed by atoms with Gasteiger partial charge in [-0.25, -0.2) is 0 Å². The summed E-state index contributed by atoms with van der Waals surface area (Å²) in [4.78, 5) is 10.4. The number of amides is 1. The number of halogens is 1. The summed E-state index contributed by atoms with van der Waals surface area (Å²) < 4.78 is 4.98. The highest BCUT2D eigenvalue weighted by Crippen LogP contribution is 2.10. The Morgan fingerprint density at radius 1 is 1.46 bits per heavy atom. The molecule has 0 atom stereocenters.